The molecule has 0 spiro atoms. The molecule has 96 valence electrons. The first-order chi connectivity index (χ1) is 7.95. The van der Waals surface area contributed by atoms with E-state index in [0.717, 1.165) is 6.54 Å². The number of H-pyrrole nitrogens is 1. The van der Waals surface area contributed by atoms with Gasteiger partial charge in [-0.2, -0.15) is 4.98 Å². The summed E-state index contributed by atoms with van der Waals surface area (Å²) < 4.78 is 1.48. The monoisotopic (exact) mass is 258 g/mol. The second-order valence-electron chi connectivity index (χ2n) is 3.87. The lowest BCUT2D eigenvalue weighted by molar-refractivity contribution is 0.554. The summed E-state index contributed by atoms with van der Waals surface area (Å²) in [6, 6.07) is 0.300. The Morgan fingerprint density at radius 1 is 1.47 bits per heavy atom. The maximum Gasteiger partial charge on any atom is 0.339 e. The van der Waals surface area contributed by atoms with E-state index in [4.69, 9.17) is 0 Å². The molecule has 1 aromatic heterocycles. The zero-order valence-electron chi connectivity index (χ0n) is 10.5. The smallest absolute Gasteiger partial charge is 0.313 e. The number of nitrogens with zero attached hydrogens (tertiary/aromatic N) is 2. The molecule has 2 atom stereocenters. The van der Waals surface area contributed by atoms with E-state index in [9.17, 15) is 9.59 Å². The normalized spacial score (nSPS) is 14.6. The number of rotatable bonds is 5. The first-order valence-electron chi connectivity index (χ1n) is 5.53. The van der Waals surface area contributed by atoms with Crippen LogP contribution in [0.4, 0.5) is 0 Å². The highest BCUT2D eigenvalue weighted by molar-refractivity contribution is 7.99. The van der Waals surface area contributed by atoms with E-state index in [0.29, 0.717) is 11.2 Å². The van der Waals surface area contributed by atoms with Gasteiger partial charge < -0.3 is 5.32 Å². The van der Waals surface area contributed by atoms with Crippen LogP contribution in [0.3, 0.4) is 0 Å². The van der Waals surface area contributed by atoms with Crippen molar-refractivity contribution in [2.45, 2.75) is 37.2 Å². The minimum Gasteiger partial charge on any atom is -0.313 e. The Hall–Kier alpha value is -1.08. The van der Waals surface area contributed by atoms with Crippen molar-refractivity contribution in [2.75, 3.05) is 6.54 Å². The van der Waals surface area contributed by atoms with Crippen LogP contribution in [-0.4, -0.2) is 32.6 Å². The molecule has 2 unspecified atom stereocenters. The van der Waals surface area contributed by atoms with Crippen molar-refractivity contribution in [2.24, 2.45) is 7.05 Å². The summed E-state index contributed by atoms with van der Waals surface area (Å²) in [5.74, 6) is 0. The van der Waals surface area contributed by atoms with Crippen LogP contribution in [-0.2, 0) is 7.05 Å². The highest BCUT2D eigenvalue weighted by atomic mass is 32.2. The van der Waals surface area contributed by atoms with Crippen LogP contribution in [0.2, 0.25) is 0 Å². The Morgan fingerprint density at radius 2 is 2.12 bits per heavy atom. The number of thioether (sulfide) groups is 1. The maximum absolute atomic E-state index is 11.2. The molecular formula is C10H18N4O2S. The summed E-state index contributed by atoms with van der Waals surface area (Å²) in [5, 5.41) is 6.50. The van der Waals surface area contributed by atoms with Gasteiger partial charge in [-0.05, 0) is 13.5 Å². The largest absolute Gasteiger partial charge is 0.339 e. The molecule has 0 aliphatic rings. The van der Waals surface area contributed by atoms with Crippen molar-refractivity contribution in [1.29, 1.82) is 0 Å². The van der Waals surface area contributed by atoms with Crippen molar-refractivity contribution in [3.8, 4) is 0 Å². The van der Waals surface area contributed by atoms with Crippen molar-refractivity contribution < 1.29 is 0 Å². The number of nitrogens with one attached hydrogen (secondary N) is 2. The van der Waals surface area contributed by atoms with Crippen LogP contribution in [0.15, 0.2) is 14.7 Å². The average Bonchev–Trinajstić information content (AvgIpc) is 2.26. The first kappa shape index (κ1) is 14.0. The molecule has 0 saturated carbocycles. The van der Waals surface area contributed by atoms with E-state index in [2.05, 4.69) is 29.2 Å². The Kier molecular flexibility index (Phi) is 4.95. The lowest BCUT2D eigenvalue weighted by atomic mass is 10.2. The van der Waals surface area contributed by atoms with Crippen molar-refractivity contribution in [3.63, 3.8) is 0 Å². The summed E-state index contributed by atoms with van der Waals surface area (Å²) in [7, 11) is 1.67. The lowest BCUT2D eigenvalue weighted by Gasteiger charge is -2.20. The third-order valence-electron chi connectivity index (χ3n) is 2.47. The number of hydrogen-bond acceptors (Lipinski definition) is 5. The number of aromatic nitrogens is 3. The van der Waals surface area contributed by atoms with Crippen LogP contribution < -0.4 is 16.4 Å². The van der Waals surface area contributed by atoms with Gasteiger partial charge >= 0.3 is 11.1 Å². The molecule has 0 fully saturated rings. The van der Waals surface area contributed by atoms with Crippen LogP contribution in [0.25, 0.3) is 0 Å². The minimum atomic E-state index is -0.742. The van der Waals surface area contributed by atoms with Crippen molar-refractivity contribution in [3.05, 3.63) is 20.7 Å². The fourth-order valence-electron chi connectivity index (χ4n) is 1.32. The van der Waals surface area contributed by atoms with E-state index in [-0.39, 0.29) is 5.25 Å². The molecule has 7 heteroatoms. The number of hydrogen-bond donors (Lipinski definition) is 2. The molecule has 0 amide bonds. The predicted molar refractivity (Wildman–Crippen MR) is 68.6 cm³/mol. The molecule has 6 nitrogen and oxygen atoms in total. The fourth-order valence-corrected chi connectivity index (χ4v) is 2.29. The Morgan fingerprint density at radius 3 is 2.71 bits per heavy atom. The fraction of sp³-hybridized carbons (Fsp3) is 0.700. The van der Waals surface area contributed by atoms with Gasteiger partial charge in [-0.15, -0.1) is 0 Å². The van der Waals surface area contributed by atoms with Crippen LogP contribution in [0.5, 0.6) is 0 Å². The zero-order chi connectivity index (χ0) is 13.0. The van der Waals surface area contributed by atoms with Gasteiger partial charge in [-0.1, -0.05) is 25.6 Å². The predicted octanol–water partition coefficient (Wildman–Crippen LogP) is -0.0528. The highest BCUT2D eigenvalue weighted by Gasteiger charge is 2.15. The quantitative estimate of drug-likeness (QED) is 0.571. The molecule has 2 N–H and O–H groups in total. The molecule has 0 aromatic carbocycles. The standard InChI is InChI=1S/C10H18N4O2S/c1-5-11-6(2)7(3)17-10-12-8(15)9(16)13-14(10)4/h6-7,11H,5H2,1-4H3,(H,13,16). The molecule has 0 saturated heterocycles. The molecule has 0 bridgehead atoms. The summed E-state index contributed by atoms with van der Waals surface area (Å²) in [6.07, 6.45) is 0. The van der Waals surface area contributed by atoms with Gasteiger partial charge in [0.05, 0.1) is 0 Å². The van der Waals surface area contributed by atoms with Gasteiger partial charge in [-0.3, -0.25) is 19.4 Å². The summed E-state index contributed by atoms with van der Waals surface area (Å²) >= 11 is 1.46. The van der Waals surface area contributed by atoms with E-state index < -0.39 is 11.1 Å². The van der Waals surface area contributed by atoms with Gasteiger partial charge in [0.25, 0.3) is 0 Å². The third-order valence-corrected chi connectivity index (χ3v) is 3.83. The zero-order valence-corrected chi connectivity index (χ0v) is 11.3. The second kappa shape index (κ2) is 6.02. The average molecular weight is 258 g/mol. The Balaban J connectivity index is 2.85. The van der Waals surface area contributed by atoms with Gasteiger partial charge in [0.2, 0.25) is 0 Å². The second-order valence-corrected chi connectivity index (χ2v) is 5.21. The van der Waals surface area contributed by atoms with E-state index in [1.807, 2.05) is 6.92 Å². The number of aromatic amines is 1. The Bertz CT molecular complexity index is 482. The van der Waals surface area contributed by atoms with Gasteiger partial charge in [0, 0.05) is 18.3 Å². The van der Waals surface area contributed by atoms with E-state index in [1.54, 1.807) is 7.05 Å². The molecule has 17 heavy (non-hydrogen) atoms. The van der Waals surface area contributed by atoms with Crippen LogP contribution in [0.1, 0.15) is 20.8 Å². The first-order valence-corrected chi connectivity index (χ1v) is 6.41. The molecule has 1 rings (SSSR count). The molecule has 0 aliphatic carbocycles. The summed E-state index contributed by atoms with van der Waals surface area (Å²) in [4.78, 5) is 26.0. The van der Waals surface area contributed by atoms with Crippen molar-refractivity contribution >= 4 is 11.8 Å². The van der Waals surface area contributed by atoms with E-state index in [1.165, 1.54) is 16.4 Å². The SMILES string of the molecule is CCNC(C)C(C)Sc1nc(=O)c(=O)[nH]n1C. The van der Waals surface area contributed by atoms with E-state index >= 15 is 0 Å². The lowest BCUT2D eigenvalue weighted by Crippen LogP contribution is -2.36. The summed E-state index contributed by atoms with van der Waals surface area (Å²) in [6.45, 7) is 7.06. The topological polar surface area (TPSA) is 79.8 Å². The van der Waals surface area contributed by atoms with Gasteiger partial charge in [-0.25, -0.2) is 0 Å². The molecular weight excluding hydrogens is 240 g/mol. The number of aryl methyl sites for hydroxylation is 1. The van der Waals surface area contributed by atoms with Crippen LogP contribution >= 0.6 is 11.8 Å². The maximum atomic E-state index is 11.2. The Labute approximate surface area is 104 Å². The molecule has 1 heterocycles. The highest BCUT2D eigenvalue weighted by Crippen LogP contribution is 2.20. The molecule has 0 aliphatic heterocycles. The van der Waals surface area contributed by atoms with Gasteiger partial charge in [0.1, 0.15) is 0 Å². The minimum absolute atomic E-state index is 0.249. The molecule has 0 radical (unpaired) electrons. The summed E-state index contributed by atoms with van der Waals surface area (Å²) in [5.41, 5.74) is -1.43. The third kappa shape index (κ3) is 3.71. The molecule has 1 aromatic rings. The van der Waals surface area contributed by atoms with Gasteiger partial charge in [0.15, 0.2) is 5.16 Å². The van der Waals surface area contributed by atoms with Crippen molar-refractivity contribution in [1.82, 2.24) is 20.1 Å². The van der Waals surface area contributed by atoms with Crippen LogP contribution in [0, 0.1) is 0 Å².